The second-order valence-corrected chi connectivity index (χ2v) is 6.93. The number of nitrogens with two attached hydrogens (primary N) is 1. The molecule has 8 heteroatoms. The highest BCUT2D eigenvalue weighted by Crippen LogP contribution is 2.34. The second kappa shape index (κ2) is 6.23. The number of hydrogen-bond acceptors (Lipinski definition) is 3. The van der Waals surface area contributed by atoms with Crippen molar-refractivity contribution in [1.29, 1.82) is 0 Å². The summed E-state index contributed by atoms with van der Waals surface area (Å²) in [5.41, 5.74) is 4.32. The quantitative estimate of drug-likeness (QED) is 0.790. The maximum Gasteiger partial charge on any atom is 0.416 e. The summed E-state index contributed by atoms with van der Waals surface area (Å²) < 4.78 is 57.3. The van der Waals surface area contributed by atoms with E-state index >= 15 is 0 Å². The third kappa shape index (κ3) is 4.37. The van der Waals surface area contributed by atoms with Crippen LogP contribution in [0.1, 0.15) is 37.8 Å². The van der Waals surface area contributed by atoms with Crippen LogP contribution in [-0.2, 0) is 10.9 Å². The lowest BCUT2D eigenvalue weighted by Gasteiger charge is -2.24. The molecule has 0 bridgehead atoms. The zero-order chi connectivity index (χ0) is 18.3. The summed E-state index contributed by atoms with van der Waals surface area (Å²) in [5.74, 6) is -1.57. The minimum atomic E-state index is -4.65. The normalized spacial score (nSPS) is 21.9. The van der Waals surface area contributed by atoms with Crippen LogP contribution in [0.25, 0.3) is 0 Å². The number of amides is 1. The Balaban J connectivity index is 2.22. The molecule has 1 aromatic carbocycles. The van der Waals surface area contributed by atoms with Crippen molar-refractivity contribution in [2.24, 2.45) is 5.73 Å². The number of carbonyl (C=O) groups excluding carboxylic acids is 1. The average molecular weight is 348 g/mol. The van der Waals surface area contributed by atoms with E-state index < -0.39 is 41.2 Å². The number of carbonyl (C=O) groups is 1. The van der Waals surface area contributed by atoms with E-state index in [1.54, 1.807) is 20.8 Å². The Morgan fingerprint density at radius 3 is 2.38 bits per heavy atom. The van der Waals surface area contributed by atoms with Gasteiger partial charge in [0, 0.05) is 25.0 Å². The predicted octanol–water partition coefficient (Wildman–Crippen LogP) is 3.51. The van der Waals surface area contributed by atoms with Gasteiger partial charge in [-0.3, -0.25) is 0 Å². The first kappa shape index (κ1) is 18.5. The Morgan fingerprint density at radius 2 is 1.83 bits per heavy atom. The second-order valence-electron chi connectivity index (χ2n) is 6.93. The molecule has 24 heavy (non-hydrogen) atoms. The van der Waals surface area contributed by atoms with Crippen molar-refractivity contribution < 1.29 is 27.1 Å². The number of likely N-dealkylation sites (tertiary alicyclic amines) is 1. The van der Waals surface area contributed by atoms with E-state index in [0.717, 1.165) is 12.1 Å². The molecule has 0 aromatic heterocycles. The molecular formula is C16H20F4N2O2. The van der Waals surface area contributed by atoms with Crippen LogP contribution in [0.15, 0.2) is 18.2 Å². The van der Waals surface area contributed by atoms with Gasteiger partial charge in [0.1, 0.15) is 11.4 Å². The number of hydrogen-bond donors (Lipinski definition) is 1. The molecule has 1 fully saturated rings. The van der Waals surface area contributed by atoms with Crippen LogP contribution in [0.4, 0.5) is 22.4 Å². The average Bonchev–Trinajstić information content (AvgIpc) is 2.77. The maximum absolute atomic E-state index is 13.6. The number of nitrogens with zero attached hydrogens (tertiary/aromatic N) is 1. The molecule has 0 spiro atoms. The maximum atomic E-state index is 13.6. The Kier molecular flexibility index (Phi) is 4.81. The van der Waals surface area contributed by atoms with Gasteiger partial charge in [0.25, 0.3) is 0 Å². The fourth-order valence-electron chi connectivity index (χ4n) is 2.65. The van der Waals surface area contributed by atoms with Gasteiger partial charge in [0.2, 0.25) is 0 Å². The summed E-state index contributed by atoms with van der Waals surface area (Å²) >= 11 is 0. The summed E-state index contributed by atoms with van der Waals surface area (Å²) in [6, 6.07) is 1.75. The van der Waals surface area contributed by atoms with Crippen LogP contribution in [0.5, 0.6) is 0 Å². The van der Waals surface area contributed by atoms with E-state index in [-0.39, 0.29) is 18.7 Å². The van der Waals surface area contributed by atoms with Crippen molar-refractivity contribution in [1.82, 2.24) is 4.90 Å². The summed E-state index contributed by atoms with van der Waals surface area (Å²) in [6.07, 6.45) is -5.24. The van der Waals surface area contributed by atoms with Crippen LogP contribution in [0, 0.1) is 5.82 Å². The number of ether oxygens (including phenoxy) is 1. The Morgan fingerprint density at radius 1 is 1.21 bits per heavy atom. The van der Waals surface area contributed by atoms with Crippen LogP contribution >= 0.6 is 0 Å². The lowest BCUT2D eigenvalue weighted by Crippen LogP contribution is -2.36. The highest BCUT2D eigenvalue weighted by Gasteiger charge is 2.38. The van der Waals surface area contributed by atoms with Gasteiger partial charge in [-0.25, -0.2) is 9.18 Å². The summed E-state index contributed by atoms with van der Waals surface area (Å²) in [4.78, 5) is 13.4. The van der Waals surface area contributed by atoms with E-state index in [1.807, 2.05) is 0 Å². The van der Waals surface area contributed by atoms with Crippen molar-refractivity contribution in [3.63, 3.8) is 0 Å². The molecule has 1 aliphatic heterocycles. The van der Waals surface area contributed by atoms with Gasteiger partial charge in [0.15, 0.2) is 0 Å². The summed E-state index contributed by atoms with van der Waals surface area (Å²) in [7, 11) is 0. The number of rotatable bonds is 1. The smallest absolute Gasteiger partial charge is 0.416 e. The SMILES string of the molecule is CC(C)(C)OC(=O)N1CC(N)C(c2cc(F)cc(C(F)(F)F)c2)C1. The molecule has 2 atom stereocenters. The fraction of sp³-hybridized carbons (Fsp3) is 0.562. The van der Waals surface area contributed by atoms with Crippen molar-refractivity contribution in [3.8, 4) is 0 Å². The first-order valence-electron chi connectivity index (χ1n) is 7.48. The zero-order valence-electron chi connectivity index (χ0n) is 13.7. The Hall–Kier alpha value is -1.83. The Labute approximate surface area is 137 Å². The van der Waals surface area contributed by atoms with Crippen molar-refractivity contribution in [2.45, 2.75) is 44.5 Å². The van der Waals surface area contributed by atoms with Crippen LogP contribution in [0.2, 0.25) is 0 Å². The van der Waals surface area contributed by atoms with Crippen LogP contribution in [0.3, 0.4) is 0 Å². The van der Waals surface area contributed by atoms with Crippen molar-refractivity contribution in [2.75, 3.05) is 13.1 Å². The van der Waals surface area contributed by atoms with Gasteiger partial charge in [0.05, 0.1) is 5.56 Å². The van der Waals surface area contributed by atoms with Gasteiger partial charge in [-0.2, -0.15) is 13.2 Å². The Bertz CT molecular complexity index is 625. The summed E-state index contributed by atoms with van der Waals surface area (Å²) in [5, 5.41) is 0. The largest absolute Gasteiger partial charge is 0.444 e. The van der Waals surface area contributed by atoms with E-state index in [1.165, 1.54) is 4.90 Å². The lowest BCUT2D eigenvalue weighted by atomic mass is 9.93. The van der Waals surface area contributed by atoms with Gasteiger partial charge in [-0.05, 0) is 44.5 Å². The first-order chi connectivity index (χ1) is 10.9. The first-order valence-corrected chi connectivity index (χ1v) is 7.48. The predicted molar refractivity (Wildman–Crippen MR) is 79.9 cm³/mol. The molecule has 4 nitrogen and oxygen atoms in total. The highest BCUT2D eigenvalue weighted by molar-refractivity contribution is 5.69. The molecule has 134 valence electrons. The molecule has 0 radical (unpaired) electrons. The van der Waals surface area contributed by atoms with E-state index in [2.05, 4.69) is 0 Å². The number of benzene rings is 1. The van der Waals surface area contributed by atoms with Crippen LogP contribution < -0.4 is 5.73 Å². The molecule has 2 unspecified atom stereocenters. The van der Waals surface area contributed by atoms with Gasteiger partial charge < -0.3 is 15.4 Å². The fourth-order valence-corrected chi connectivity index (χ4v) is 2.65. The molecule has 2 rings (SSSR count). The summed E-state index contributed by atoms with van der Waals surface area (Å²) in [6.45, 7) is 5.34. The van der Waals surface area contributed by atoms with Crippen molar-refractivity contribution >= 4 is 6.09 Å². The van der Waals surface area contributed by atoms with Crippen LogP contribution in [-0.4, -0.2) is 35.7 Å². The number of alkyl halides is 3. The molecule has 1 heterocycles. The van der Waals surface area contributed by atoms with Gasteiger partial charge in [-0.1, -0.05) is 0 Å². The molecule has 1 amide bonds. The molecule has 1 aliphatic rings. The van der Waals surface area contributed by atoms with Gasteiger partial charge in [-0.15, -0.1) is 0 Å². The van der Waals surface area contributed by atoms with Gasteiger partial charge >= 0.3 is 12.3 Å². The molecule has 1 aromatic rings. The molecule has 0 aliphatic carbocycles. The monoisotopic (exact) mass is 348 g/mol. The highest BCUT2D eigenvalue weighted by atomic mass is 19.4. The molecule has 0 saturated carbocycles. The molecule has 1 saturated heterocycles. The molecule has 2 N–H and O–H groups in total. The topological polar surface area (TPSA) is 55.6 Å². The van der Waals surface area contributed by atoms with Crippen molar-refractivity contribution in [3.05, 3.63) is 35.1 Å². The third-order valence-electron chi connectivity index (χ3n) is 3.69. The van der Waals surface area contributed by atoms with E-state index in [9.17, 15) is 22.4 Å². The minimum Gasteiger partial charge on any atom is -0.444 e. The minimum absolute atomic E-state index is 0.0802. The zero-order valence-corrected chi connectivity index (χ0v) is 13.7. The lowest BCUT2D eigenvalue weighted by molar-refractivity contribution is -0.137. The third-order valence-corrected chi connectivity index (χ3v) is 3.69. The standard InChI is InChI=1S/C16H20F4N2O2/c1-15(2,3)24-14(23)22-7-12(13(21)8-22)9-4-10(16(18,19)20)6-11(17)5-9/h4-6,12-13H,7-8,21H2,1-3H3. The van der Waals surface area contributed by atoms with E-state index in [0.29, 0.717) is 6.07 Å². The number of halogens is 4. The van der Waals surface area contributed by atoms with E-state index in [4.69, 9.17) is 10.5 Å². The molecular weight excluding hydrogens is 328 g/mol.